The average Bonchev–Trinajstić information content (AvgIpc) is 2.52. The maximum absolute atomic E-state index is 6.01. The van der Waals surface area contributed by atoms with Crippen LogP contribution in [0.1, 0.15) is 0 Å². The highest BCUT2D eigenvalue weighted by Gasteiger charge is 2.08. The number of nitrogen functional groups attached to an aromatic ring is 1. The lowest BCUT2D eigenvalue weighted by Gasteiger charge is -1.96. The molecule has 0 amide bonds. The van der Waals surface area contributed by atoms with Crippen molar-refractivity contribution in [1.29, 1.82) is 0 Å². The third kappa shape index (κ3) is 1.18. The maximum Gasteiger partial charge on any atom is 0.124 e. The smallest absolute Gasteiger partial charge is 0.124 e. The van der Waals surface area contributed by atoms with E-state index >= 15 is 0 Å². The maximum atomic E-state index is 6.01. The Morgan fingerprint density at radius 3 is 2.75 bits per heavy atom. The van der Waals surface area contributed by atoms with E-state index in [1.807, 2.05) is 31.3 Å². The predicted octanol–water partition coefficient (Wildman–Crippen LogP) is 2.96. The second-order valence-electron chi connectivity index (χ2n) is 3.85. The van der Waals surface area contributed by atoms with Gasteiger partial charge in [0.25, 0.3) is 0 Å². The molecule has 0 saturated carbocycles. The van der Waals surface area contributed by atoms with E-state index in [4.69, 9.17) is 17.3 Å². The number of pyridine rings is 1. The fourth-order valence-electron chi connectivity index (χ4n) is 2.09. The van der Waals surface area contributed by atoms with Crippen LogP contribution in [-0.2, 0) is 7.05 Å². The van der Waals surface area contributed by atoms with Crippen molar-refractivity contribution >= 4 is 39.2 Å². The molecule has 4 heteroatoms. The zero-order chi connectivity index (χ0) is 11.3. The fraction of sp³-hybridized carbons (Fsp3) is 0.0833. The van der Waals surface area contributed by atoms with Crippen molar-refractivity contribution in [2.45, 2.75) is 0 Å². The van der Waals surface area contributed by atoms with Crippen LogP contribution in [0.5, 0.6) is 0 Å². The van der Waals surface area contributed by atoms with Crippen LogP contribution < -0.4 is 5.73 Å². The van der Waals surface area contributed by atoms with Crippen LogP contribution in [0.4, 0.5) is 5.82 Å². The normalized spacial score (nSPS) is 11.4. The highest BCUT2D eigenvalue weighted by atomic mass is 35.5. The van der Waals surface area contributed by atoms with Crippen molar-refractivity contribution < 1.29 is 0 Å². The molecule has 0 aliphatic carbocycles. The SMILES string of the molecule is Cn1c2ccc(Cl)cc2c2cc(N)ncc21. The van der Waals surface area contributed by atoms with Crippen LogP contribution in [0.2, 0.25) is 5.02 Å². The molecule has 1 aromatic carbocycles. The lowest BCUT2D eigenvalue weighted by molar-refractivity contribution is 1.01. The van der Waals surface area contributed by atoms with Crippen LogP contribution in [-0.4, -0.2) is 9.55 Å². The van der Waals surface area contributed by atoms with Gasteiger partial charge >= 0.3 is 0 Å². The van der Waals surface area contributed by atoms with Crippen molar-refractivity contribution in [3.8, 4) is 0 Å². The van der Waals surface area contributed by atoms with E-state index in [2.05, 4.69) is 9.55 Å². The molecule has 0 unspecified atom stereocenters. The van der Waals surface area contributed by atoms with Crippen molar-refractivity contribution in [2.24, 2.45) is 7.05 Å². The van der Waals surface area contributed by atoms with E-state index in [9.17, 15) is 0 Å². The van der Waals surface area contributed by atoms with Gasteiger partial charge in [-0.15, -0.1) is 0 Å². The second kappa shape index (κ2) is 3.12. The predicted molar refractivity (Wildman–Crippen MR) is 67.6 cm³/mol. The van der Waals surface area contributed by atoms with Gasteiger partial charge in [-0.05, 0) is 24.3 Å². The van der Waals surface area contributed by atoms with E-state index < -0.39 is 0 Å². The molecule has 0 atom stereocenters. The molecule has 0 fully saturated rings. The van der Waals surface area contributed by atoms with Gasteiger partial charge in [0.2, 0.25) is 0 Å². The number of benzene rings is 1. The molecule has 0 saturated heterocycles. The van der Waals surface area contributed by atoms with E-state index in [1.54, 1.807) is 6.20 Å². The Bertz CT molecular complexity index is 641. The summed E-state index contributed by atoms with van der Waals surface area (Å²) >= 11 is 6.01. The summed E-state index contributed by atoms with van der Waals surface area (Å²) in [5.74, 6) is 0.528. The molecular formula is C12H10ClN3. The average molecular weight is 232 g/mol. The van der Waals surface area contributed by atoms with Crippen LogP contribution in [0, 0.1) is 0 Å². The first-order chi connectivity index (χ1) is 7.66. The summed E-state index contributed by atoms with van der Waals surface area (Å²) in [5.41, 5.74) is 7.90. The largest absolute Gasteiger partial charge is 0.384 e. The number of fused-ring (bicyclic) bond motifs is 3. The van der Waals surface area contributed by atoms with Gasteiger partial charge in [-0.3, -0.25) is 0 Å². The molecule has 2 N–H and O–H groups in total. The van der Waals surface area contributed by atoms with Gasteiger partial charge in [-0.1, -0.05) is 11.6 Å². The first kappa shape index (κ1) is 9.48. The molecule has 3 nitrogen and oxygen atoms in total. The molecule has 80 valence electrons. The van der Waals surface area contributed by atoms with Crippen molar-refractivity contribution in [1.82, 2.24) is 9.55 Å². The molecule has 0 aliphatic rings. The third-order valence-corrected chi connectivity index (χ3v) is 3.11. The van der Waals surface area contributed by atoms with E-state index in [1.165, 1.54) is 0 Å². The molecule has 0 spiro atoms. The first-order valence-corrected chi connectivity index (χ1v) is 5.34. The van der Waals surface area contributed by atoms with Gasteiger partial charge in [-0.2, -0.15) is 0 Å². The summed E-state index contributed by atoms with van der Waals surface area (Å²) in [6, 6.07) is 7.74. The van der Waals surface area contributed by atoms with Gasteiger partial charge in [0.15, 0.2) is 0 Å². The quantitative estimate of drug-likeness (QED) is 0.647. The Balaban J connectivity index is 2.60. The summed E-state index contributed by atoms with van der Waals surface area (Å²) in [7, 11) is 2.01. The van der Waals surface area contributed by atoms with Crippen LogP contribution in [0.3, 0.4) is 0 Å². The molecule has 16 heavy (non-hydrogen) atoms. The minimum atomic E-state index is 0.528. The lowest BCUT2D eigenvalue weighted by Crippen LogP contribution is -1.90. The molecule has 2 heterocycles. The van der Waals surface area contributed by atoms with Gasteiger partial charge in [0.1, 0.15) is 5.82 Å². The number of anilines is 1. The van der Waals surface area contributed by atoms with E-state index in [0.29, 0.717) is 5.82 Å². The van der Waals surface area contributed by atoms with Crippen molar-refractivity contribution in [2.75, 3.05) is 5.73 Å². The summed E-state index contributed by atoms with van der Waals surface area (Å²) in [4.78, 5) is 4.11. The number of hydrogen-bond acceptors (Lipinski definition) is 2. The number of rotatable bonds is 0. The van der Waals surface area contributed by atoms with Gasteiger partial charge in [-0.25, -0.2) is 4.98 Å². The number of aromatic nitrogens is 2. The zero-order valence-electron chi connectivity index (χ0n) is 8.74. The zero-order valence-corrected chi connectivity index (χ0v) is 9.49. The number of hydrogen-bond donors (Lipinski definition) is 1. The Hall–Kier alpha value is -1.74. The number of halogens is 1. The number of aryl methyl sites for hydroxylation is 1. The molecule has 3 rings (SSSR count). The molecule has 0 aliphatic heterocycles. The summed E-state index contributed by atoms with van der Waals surface area (Å²) in [6.07, 6.45) is 1.79. The van der Waals surface area contributed by atoms with Crippen LogP contribution in [0.25, 0.3) is 21.8 Å². The molecular weight excluding hydrogens is 222 g/mol. The van der Waals surface area contributed by atoms with Crippen LogP contribution in [0.15, 0.2) is 30.5 Å². The first-order valence-electron chi connectivity index (χ1n) is 4.96. The Labute approximate surface area is 97.4 Å². The highest BCUT2D eigenvalue weighted by Crippen LogP contribution is 2.30. The molecule has 3 aromatic rings. The monoisotopic (exact) mass is 231 g/mol. The van der Waals surface area contributed by atoms with E-state index in [0.717, 1.165) is 26.8 Å². The second-order valence-corrected chi connectivity index (χ2v) is 4.28. The summed E-state index contributed by atoms with van der Waals surface area (Å²) in [6.45, 7) is 0. The highest BCUT2D eigenvalue weighted by molar-refractivity contribution is 6.31. The fourth-order valence-corrected chi connectivity index (χ4v) is 2.27. The Kier molecular flexibility index (Phi) is 1.85. The Morgan fingerprint density at radius 1 is 1.19 bits per heavy atom. The van der Waals surface area contributed by atoms with Gasteiger partial charge in [0, 0.05) is 28.4 Å². The molecule has 0 bridgehead atoms. The van der Waals surface area contributed by atoms with Gasteiger partial charge < -0.3 is 10.3 Å². The lowest BCUT2D eigenvalue weighted by atomic mass is 10.2. The minimum absolute atomic E-state index is 0.528. The van der Waals surface area contributed by atoms with Crippen molar-refractivity contribution in [3.63, 3.8) is 0 Å². The number of nitrogens with two attached hydrogens (primary N) is 1. The van der Waals surface area contributed by atoms with Crippen LogP contribution >= 0.6 is 11.6 Å². The number of nitrogens with zero attached hydrogens (tertiary/aromatic N) is 2. The topological polar surface area (TPSA) is 43.8 Å². The standard InChI is InChI=1S/C12H10ClN3/c1-16-10-3-2-7(13)4-8(10)9-5-12(14)15-6-11(9)16/h2-6H,1H3,(H2,14,15). The van der Waals surface area contributed by atoms with E-state index in [-0.39, 0.29) is 0 Å². The van der Waals surface area contributed by atoms with Crippen molar-refractivity contribution in [3.05, 3.63) is 35.5 Å². The molecule has 0 radical (unpaired) electrons. The Morgan fingerprint density at radius 2 is 1.94 bits per heavy atom. The molecule has 2 aromatic heterocycles. The minimum Gasteiger partial charge on any atom is -0.384 e. The third-order valence-electron chi connectivity index (χ3n) is 2.88. The summed E-state index contributed by atoms with van der Waals surface area (Å²) < 4.78 is 2.09. The summed E-state index contributed by atoms with van der Waals surface area (Å²) in [5, 5.41) is 2.93. The van der Waals surface area contributed by atoms with Gasteiger partial charge in [0.05, 0.1) is 11.7 Å².